The van der Waals surface area contributed by atoms with Gasteiger partial charge in [0.15, 0.2) is 5.78 Å². The van der Waals surface area contributed by atoms with Gasteiger partial charge < -0.3 is 24.7 Å². The average Bonchev–Trinajstić information content (AvgIpc) is 2.74. The van der Waals surface area contributed by atoms with E-state index in [4.69, 9.17) is 4.65 Å². The zero-order chi connectivity index (χ0) is 23.8. The maximum absolute atomic E-state index is 12.6. The molecule has 0 saturated heterocycles. The zero-order valence-electron chi connectivity index (χ0n) is 19.5. The second-order valence-corrected chi connectivity index (χ2v) is 8.88. The summed E-state index contributed by atoms with van der Waals surface area (Å²) in [6.45, 7) is 8.35. The third-order valence-electron chi connectivity index (χ3n) is 6.26. The van der Waals surface area contributed by atoms with E-state index in [1.807, 2.05) is 6.92 Å². The molecular formula is C23H35B2NO6. The standard InChI is InChI=1S/C23H35B2NO6/c1-5-14-32-25(31)23-19(11-13-21(27)26-23)9-7-17(15(2)3)6-8-18-10-12-20(24(29)30)16(4)22(18)28/h10-13,15-17,29-31H,5-9,14H2,1-4H3,(H,26,27). The smallest absolute Gasteiger partial charge is 0.423 e. The van der Waals surface area contributed by atoms with Gasteiger partial charge >= 0.3 is 14.2 Å². The van der Waals surface area contributed by atoms with Crippen molar-refractivity contribution in [1.29, 1.82) is 0 Å². The Morgan fingerprint density at radius 3 is 2.41 bits per heavy atom. The monoisotopic (exact) mass is 443 g/mol. The first-order valence-electron chi connectivity index (χ1n) is 11.5. The van der Waals surface area contributed by atoms with Gasteiger partial charge in [-0.2, -0.15) is 0 Å². The van der Waals surface area contributed by atoms with E-state index in [1.165, 1.54) is 6.07 Å². The van der Waals surface area contributed by atoms with Gasteiger partial charge in [-0.25, -0.2) is 0 Å². The zero-order valence-corrected chi connectivity index (χ0v) is 19.5. The van der Waals surface area contributed by atoms with Gasteiger partial charge in [-0.1, -0.05) is 45.9 Å². The highest BCUT2D eigenvalue weighted by Crippen LogP contribution is 2.29. The molecule has 1 aliphatic rings. The number of nitrogens with one attached hydrogen (secondary N) is 1. The molecule has 0 fully saturated rings. The fourth-order valence-corrected chi connectivity index (χ4v) is 4.13. The number of aromatic nitrogens is 1. The first kappa shape index (κ1) is 26.3. The SMILES string of the molecule is CCCOB(O)c1[nH]c(=O)ccc1CCC(CCC1=CC=C(B(O)O)C(C)C1=O)C(C)C. The highest BCUT2D eigenvalue weighted by molar-refractivity contribution is 6.59. The molecule has 0 aromatic carbocycles. The number of allylic oxidation sites excluding steroid dienone is 4. The Morgan fingerprint density at radius 2 is 1.78 bits per heavy atom. The molecule has 0 aliphatic heterocycles. The fraction of sp³-hybridized carbons (Fsp3) is 0.565. The third-order valence-corrected chi connectivity index (χ3v) is 6.26. The minimum absolute atomic E-state index is 0.0581. The maximum atomic E-state index is 12.6. The number of aryl methyl sites for hydroxylation is 1. The van der Waals surface area contributed by atoms with Gasteiger partial charge in [-0.3, -0.25) is 9.59 Å². The van der Waals surface area contributed by atoms with Crippen molar-refractivity contribution in [3.8, 4) is 0 Å². The molecule has 7 nitrogen and oxygen atoms in total. The first-order valence-corrected chi connectivity index (χ1v) is 11.5. The first-order chi connectivity index (χ1) is 15.1. The number of ketones is 1. The van der Waals surface area contributed by atoms with Crippen molar-refractivity contribution in [2.45, 2.75) is 59.8 Å². The number of H-pyrrole nitrogens is 1. The van der Waals surface area contributed by atoms with Crippen LogP contribution in [0.15, 0.2) is 40.1 Å². The Labute approximate surface area is 190 Å². The lowest BCUT2D eigenvalue weighted by molar-refractivity contribution is -0.118. The van der Waals surface area contributed by atoms with E-state index in [-0.39, 0.29) is 11.3 Å². The van der Waals surface area contributed by atoms with Crippen LogP contribution in [-0.4, -0.2) is 46.7 Å². The molecule has 4 N–H and O–H groups in total. The van der Waals surface area contributed by atoms with Crippen molar-refractivity contribution >= 4 is 25.6 Å². The van der Waals surface area contributed by atoms with E-state index in [1.54, 1.807) is 25.1 Å². The molecule has 1 heterocycles. The fourth-order valence-electron chi connectivity index (χ4n) is 4.13. The Balaban J connectivity index is 2.06. The van der Waals surface area contributed by atoms with Crippen molar-refractivity contribution in [2.75, 3.05) is 6.61 Å². The molecule has 1 aliphatic carbocycles. The number of pyridine rings is 1. The summed E-state index contributed by atoms with van der Waals surface area (Å²) < 4.78 is 5.40. The summed E-state index contributed by atoms with van der Waals surface area (Å²) in [6.07, 6.45) is 7.06. The predicted octanol–water partition coefficient (Wildman–Crippen LogP) is 1.56. The molecule has 174 valence electrons. The van der Waals surface area contributed by atoms with Gasteiger partial charge in [0, 0.05) is 18.6 Å². The largest absolute Gasteiger partial charge is 0.508 e. The number of Topliss-reactive ketones (excluding diaryl/α,β-unsaturated/α-hetero) is 1. The Kier molecular flexibility index (Phi) is 10.2. The van der Waals surface area contributed by atoms with Crippen molar-refractivity contribution < 1.29 is 24.5 Å². The molecule has 1 aromatic rings. The molecule has 0 spiro atoms. The second-order valence-electron chi connectivity index (χ2n) is 8.88. The molecule has 0 bridgehead atoms. The normalized spacial score (nSPS) is 17.2. The molecule has 0 amide bonds. The minimum atomic E-state index is -1.61. The molecule has 9 heteroatoms. The van der Waals surface area contributed by atoms with Gasteiger partial charge in [0.2, 0.25) is 5.56 Å². The van der Waals surface area contributed by atoms with E-state index >= 15 is 0 Å². The lowest BCUT2D eigenvalue weighted by atomic mass is 9.67. The van der Waals surface area contributed by atoms with Crippen LogP contribution in [0, 0.1) is 17.8 Å². The van der Waals surface area contributed by atoms with Crippen molar-refractivity contribution in [2.24, 2.45) is 17.8 Å². The van der Waals surface area contributed by atoms with Gasteiger partial charge in [0.25, 0.3) is 0 Å². The Hall–Kier alpha value is -1.93. The molecule has 2 rings (SSSR count). The average molecular weight is 443 g/mol. The van der Waals surface area contributed by atoms with E-state index < -0.39 is 20.2 Å². The second kappa shape index (κ2) is 12.3. The highest BCUT2D eigenvalue weighted by atomic mass is 16.5. The summed E-state index contributed by atoms with van der Waals surface area (Å²) in [7, 11) is -2.77. The number of hydrogen-bond acceptors (Lipinski definition) is 6. The Morgan fingerprint density at radius 1 is 1.09 bits per heavy atom. The molecule has 1 aromatic heterocycles. The quantitative estimate of drug-likeness (QED) is 0.364. The van der Waals surface area contributed by atoms with E-state index in [2.05, 4.69) is 18.8 Å². The predicted molar refractivity (Wildman–Crippen MR) is 127 cm³/mol. The minimum Gasteiger partial charge on any atom is -0.423 e. The summed E-state index contributed by atoms with van der Waals surface area (Å²) in [4.78, 5) is 27.1. The summed E-state index contributed by atoms with van der Waals surface area (Å²) in [5.74, 6) is 0.142. The van der Waals surface area contributed by atoms with Crippen LogP contribution >= 0.6 is 0 Å². The summed E-state index contributed by atoms with van der Waals surface area (Å²) in [5, 5.41) is 29.1. The van der Waals surface area contributed by atoms with Crippen molar-refractivity contribution in [3.05, 3.63) is 51.2 Å². The number of hydrogen-bond donors (Lipinski definition) is 4. The van der Waals surface area contributed by atoms with Crippen LogP contribution in [0.5, 0.6) is 0 Å². The number of aromatic amines is 1. The van der Waals surface area contributed by atoms with Crippen LogP contribution in [0.1, 0.15) is 58.9 Å². The van der Waals surface area contributed by atoms with Crippen molar-refractivity contribution in [1.82, 2.24) is 4.98 Å². The van der Waals surface area contributed by atoms with E-state index in [0.29, 0.717) is 47.9 Å². The van der Waals surface area contributed by atoms with E-state index in [0.717, 1.165) is 24.8 Å². The number of rotatable bonds is 12. The molecular weight excluding hydrogens is 408 g/mol. The lowest BCUT2D eigenvalue weighted by Crippen LogP contribution is -2.41. The van der Waals surface area contributed by atoms with Gasteiger partial charge in [0.1, 0.15) is 0 Å². The van der Waals surface area contributed by atoms with Gasteiger partial charge in [0.05, 0.1) is 5.59 Å². The van der Waals surface area contributed by atoms with Gasteiger partial charge in [-0.05, 0) is 60.5 Å². The number of carbonyl (C=O) groups excluding carboxylic acids is 1. The molecule has 2 unspecified atom stereocenters. The van der Waals surface area contributed by atoms with Crippen LogP contribution in [0.25, 0.3) is 0 Å². The van der Waals surface area contributed by atoms with Crippen LogP contribution in [0.3, 0.4) is 0 Å². The summed E-state index contributed by atoms with van der Waals surface area (Å²) in [6, 6.07) is 3.20. The molecule has 0 radical (unpaired) electrons. The van der Waals surface area contributed by atoms with Gasteiger partial charge in [-0.15, -0.1) is 0 Å². The lowest BCUT2D eigenvalue weighted by Gasteiger charge is -2.24. The summed E-state index contributed by atoms with van der Waals surface area (Å²) >= 11 is 0. The van der Waals surface area contributed by atoms with E-state index in [9.17, 15) is 24.7 Å². The topological polar surface area (TPSA) is 120 Å². The highest BCUT2D eigenvalue weighted by Gasteiger charge is 2.31. The molecule has 2 atom stereocenters. The van der Waals surface area contributed by atoms with Crippen LogP contribution < -0.4 is 11.2 Å². The van der Waals surface area contributed by atoms with Crippen LogP contribution in [0.2, 0.25) is 0 Å². The molecule has 32 heavy (non-hydrogen) atoms. The Bertz CT molecular complexity index is 893. The molecule has 0 saturated carbocycles. The van der Waals surface area contributed by atoms with Crippen LogP contribution in [0.4, 0.5) is 0 Å². The van der Waals surface area contributed by atoms with Crippen LogP contribution in [-0.2, 0) is 15.9 Å². The third kappa shape index (κ3) is 7.04. The number of carbonyl (C=O) groups is 1. The van der Waals surface area contributed by atoms with Crippen molar-refractivity contribution in [3.63, 3.8) is 0 Å². The maximum Gasteiger partial charge on any atom is 0.508 e. The summed E-state index contributed by atoms with van der Waals surface area (Å²) in [5.41, 5.74) is 2.02.